The number of amides is 1. The van der Waals surface area contributed by atoms with Crippen LogP contribution in [0.15, 0.2) is 79.0 Å². The first-order chi connectivity index (χ1) is 21.6. The van der Waals surface area contributed by atoms with Crippen molar-refractivity contribution in [2.24, 2.45) is 5.92 Å². The summed E-state index contributed by atoms with van der Waals surface area (Å²) in [6.07, 6.45) is 1.78. The fourth-order valence-corrected chi connectivity index (χ4v) is 10.4. The molecule has 2 aliphatic rings. The van der Waals surface area contributed by atoms with E-state index >= 15 is 4.11 Å². The third kappa shape index (κ3) is 5.83. The molecule has 3 aromatic carbocycles. The summed E-state index contributed by atoms with van der Waals surface area (Å²) in [6, 6.07) is 23.4. The normalized spacial score (nSPS) is 23.5. The largest absolute Gasteiger partial charge is 0.497 e. The van der Waals surface area contributed by atoms with Gasteiger partial charge in [0.15, 0.2) is 5.60 Å². The molecule has 1 saturated heterocycles. The van der Waals surface area contributed by atoms with Gasteiger partial charge in [-0.3, -0.25) is 9.48 Å². The van der Waals surface area contributed by atoms with Crippen molar-refractivity contribution in [3.8, 4) is 5.75 Å². The number of carbonyl (C=O) groups excluding carboxylic acids is 1. The van der Waals surface area contributed by atoms with E-state index in [1.807, 2.05) is 79.9 Å². The summed E-state index contributed by atoms with van der Waals surface area (Å²) in [6.45, 7) is 6.10. The maximum absolute atomic E-state index is 16.3. The average molecular weight is 741 g/mol. The number of fused-ring (bicyclic) bond motifs is 2. The van der Waals surface area contributed by atoms with Gasteiger partial charge in [0.1, 0.15) is 5.75 Å². The predicted molar refractivity (Wildman–Crippen MR) is 181 cm³/mol. The lowest BCUT2D eigenvalue weighted by atomic mass is 9.82. The van der Waals surface area contributed by atoms with Crippen LogP contribution in [0.25, 0.3) is 0 Å². The fraction of sp³-hybridized carbons (Fsp3) is 0.382. The zero-order valence-electron chi connectivity index (χ0n) is 25.9. The second kappa shape index (κ2) is 12.6. The fourth-order valence-electron chi connectivity index (χ4n) is 7.30. The van der Waals surface area contributed by atoms with Crippen LogP contribution >= 0.6 is 22.6 Å². The molecule has 3 heterocycles. The zero-order valence-corrected chi connectivity index (χ0v) is 29.0. The van der Waals surface area contributed by atoms with Crippen molar-refractivity contribution in [2.45, 2.75) is 62.7 Å². The van der Waals surface area contributed by atoms with Crippen LogP contribution in [-0.2, 0) is 28.2 Å². The first-order valence-electron chi connectivity index (χ1n) is 15.2. The molecule has 11 heteroatoms. The highest BCUT2D eigenvalue weighted by molar-refractivity contribution is 14.1. The van der Waals surface area contributed by atoms with Crippen molar-refractivity contribution < 1.29 is 23.5 Å². The Kier molecular flexibility index (Phi) is 8.90. The second-order valence-electron chi connectivity index (χ2n) is 12.5. The minimum absolute atomic E-state index is 0.0954. The van der Waals surface area contributed by atoms with Crippen molar-refractivity contribution >= 4 is 42.6 Å². The maximum atomic E-state index is 16.3. The van der Waals surface area contributed by atoms with Gasteiger partial charge in [0, 0.05) is 33.3 Å². The lowest BCUT2D eigenvalue weighted by Gasteiger charge is -2.31. The number of hydrogen-bond acceptors (Lipinski definition) is 6. The number of aromatic nitrogens is 3. The number of ether oxygens (including phenoxy) is 2. The molecule has 8 nitrogen and oxygen atoms in total. The van der Waals surface area contributed by atoms with Crippen molar-refractivity contribution in [2.75, 3.05) is 18.6 Å². The summed E-state index contributed by atoms with van der Waals surface area (Å²) in [4.78, 5) is 16.4. The Morgan fingerprint density at radius 1 is 1.13 bits per heavy atom. The van der Waals surface area contributed by atoms with E-state index in [9.17, 15) is 9.90 Å². The molecule has 45 heavy (non-hydrogen) atoms. The highest BCUT2D eigenvalue weighted by atomic mass is 127. The summed E-state index contributed by atoms with van der Waals surface area (Å²) in [5, 5.41) is 18.8. The van der Waals surface area contributed by atoms with Crippen LogP contribution in [0.1, 0.15) is 41.6 Å². The second-order valence-corrected chi connectivity index (χ2v) is 17.6. The Morgan fingerprint density at radius 3 is 2.60 bits per heavy atom. The van der Waals surface area contributed by atoms with E-state index in [1.54, 1.807) is 29.8 Å². The Labute approximate surface area is 277 Å². The SMILES string of the molecule is COc1ccc2c(c1)[C@]1(O[C@@H](CCn3cc(C(CO)c4ccccc4)nn3)[C@H]([Si](C)(C)F)[C@H]1C)C(=O)N2Cc1cccc(I)c1. The molecule has 0 bridgehead atoms. The number of hydrogen-bond donors (Lipinski definition) is 1. The molecule has 0 aliphatic carbocycles. The molecule has 1 unspecified atom stereocenters. The molecule has 1 spiro atoms. The van der Waals surface area contributed by atoms with Gasteiger partial charge < -0.3 is 23.6 Å². The first kappa shape index (κ1) is 31.8. The van der Waals surface area contributed by atoms with Crippen LogP contribution in [0.5, 0.6) is 5.75 Å². The van der Waals surface area contributed by atoms with Gasteiger partial charge in [0.05, 0.1) is 43.7 Å². The summed E-state index contributed by atoms with van der Waals surface area (Å²) >= 11 is 2.27. The predicted octanol–water partition coefficient (Wildman–Crippen LogP) is 6.43. The lowest BCUT2D eigenvalue weighted by molar-refractivity contribution is -0.146. The van der Waals surface area contributed by atoms with Crippen LogP contribution in [0.3, 0.4) is 0 Å². The molecular formula is C34H38FIN4O4Si. The van der Waals surface area contributed by atoms with Gasteiger partial charge in [-0.25, -0.2) is 0 Å². The number of aryl methyl sites for hydroxylation is 1. The van der Waals surface area contributed by atoms with Gasteiger partial charge in [-0.1, -0.05) is 54.6 Å². The number of benzene rings is 3. The van der Waals surface area contributed by atoms with Crippen LogP contribution in [-0.4, -0.2) is 54.2 Å². The summed E-state index contributed by atoms with van der Waals surface area (Å²) in [7, 11) is -1.73. The van der Waals surface area contributed by atoms with E-state index in [4.69, 9.17) is 9.47 Å². The number of aliphatic hydroxyl groups is 1. The van der Waals surface area contributed by atoms with E-state index in [0.717, 1.165) is 25.9 Å². The Hall–Kier alpha value is -3.13. The Morgan fingerprint density at radius 2 is 1.91 bits per heavy atom. The van der Waals surface area contributed by atoms with Gasteiger partial charge in [-0.2, -0.15) is 0 Å². The first-order valence-corrected chi connectivity index (χ1v) is 19.3. The van der Waals surface area contributed by atoms with E-state index in [-0.39, 0.29) is 18.4 Å². The number of carbonyl (C=O) groups is 1. The quantitative estimate of drug-likeness (QED) is 0.115. The summed E-state index contributed by atoms with van der Waals surface area (Å²) < 4.78 is 31.6. The van der Waals surface area contributed by atoms with Gasteiger partial charge >= 0.3 is 0 Å². The molecule has 1 N–H and O–H groups in total. The summed E-state index contributed by atoms with van der Waals surface area (Å²) in [5.41, 5.74) is 2.35. The van der Waals surface area contributed by atoms with Crippen LogP contribution in [0.4, 0.5) is 9.80 Å². The molecule has 1 fully saturated rings. The van der Waals surface area contributed by atoms with Gasteiger partial charge in [-0.05, 0) is 83.6 Å². The van der Waals surface area contributed by atoms with Gasteiger partial charge in [0.2, 0.25) is 8.41 Å². The third-order valence-corrected chi connectivity index (χ3v) is 12.5. The number of halogens is 2. The number of anilines is 1. The molecular weight excluding hydrogens is 702 g/mol. The number of nitrogens with zero attached hydrogens (tertiary/aromatic N) is 4. The maximum Gasteiger partial charge on any atom is 0.264 e. The number of aliphatic hydroxyl groups excluding tert-OH is 1. The summed E-state index contributed by atoms with van der Waals surface area (Å²) in [5.74, 6) is -0.245. The molecule has 236 valence electrons. The molecule has 1 aromatic heterocycles. The average Bonchev–Trinajstić information content (AvgIpc) is 3.67. The number of methoxy groups -OCH3 is 1. The van der Waals surface area contributed by atoms with E-state index in [1.165, 1.54) is 0 Å². The molecule has 0 saturated carbocycles. The lowest BCUT2D eigenvalue weighted by Crippen LogP contribution is -2.45. The topological polar surface area (TPSA) is 89.7 Å². The molecule has 1 amide bonds. The monoisotopic (exact) mass is 740 g/mol. The smallest absolute Gasteiger partial charge is 0.264 e. The minimum Gasteiger partial charge on any atom is -0.497 e. The molecule has 4 aromatic rings. The Balaban J connectivity index is 1.31. The highest BCUT2D eigenvalue weighted by Crippen LogP contribution is 2.60. The standard InChI is InChI=1S/C34H38FIN4O4Si/c1-22-32(45(3,4)35)31(15-16-39-20-29(37-38-39)27(21-41)24-10-6-5-7-11-24)44-34(22)28-18-26(43-2)13-14-30(28)40(33(34)42)19-23-9-8-12-25(36)17-23/h5-14,17-18,20,22,27,31-32,41H,15-16,19,21H2,1-4H3/t22-,27?,31+,32-,34+/m1/s1. The van der Waals surface area contributed by atoms with Crippen molar-refractivity contribution in [1.29, 1.82) is 0 Å². The molecule has 2 aliphatic heterocycles. The van der Waals surface area contributed by atoms with Crippen molar-refractivity contribution in [3.05, 3.63) is 105 Å². The van der Waals surface area contributed by atoms with Gasteiger partial charge in [0.25, 0.3) is 5.91 Å². The third-order valence-electron chi connectivity index (χ3n) is 9.34. The van der Waals surface area contributed by atoms with E-state index < -0.39 is 31.6 Å². The minimum atomic E-state index is -3.33. The molecule has 5 atom stereocenters. The van der Waals surface area contributed by atoms with E-state index in [2.05, 4.69) is 39.0 Å². The number of rotatable bonds is 10. The van der Waals surface area contributed by atoms with Crippen LogP contribution in [0.2, 0.25) is 18.6 Å². The molecule has 6 rings (SSSR count). The van der Waals surface area contributed by atoms with E-state index in [0.29, 0.717) is 31.0 Å². The van der Waals surface area contributed by atoms with Crippen molar-refractivity contribution in [3.63, 3.8) is 0 Å². The van der Waals surface area contributed by atoms with Gasteiger partial charge in [-0.15, -0.1) is 5.10 Å². The van der Waals surface area contributed by atoms with Crippen LogP contribution < -0.4 is 9.64 Å². The zero-order chi connectivity index (χ0) is 31.9. The van der Waals surface area contributed by atoms with Crippen molar-refractivity contribution in [1.82, 2.24) is 15.0 Å². The molecule has 0 radical (unpaired) electrons. The highest BCUT2D eigenvalue weighted by Gasteiger charge is 2.66. The van der Waals surface area contributed by atoms with Crippen LogP contribution in [0, 0.1) is 9.49 Å². The Bertz CT molecular complexity index is 1680.